The highest BCUT2D eigenvalue weighted by molar-refractivity contribution is 6.29. The highest BCUT2D eigenvalue weighted by Crippen LogP contribution is 2.34. The van der Waals surface area contributed by atoms with Crippen molar-refractivity contribution in [1.82, 2.24) is 10.1 Å². The molecule has 1 aromatic carbocycles. The molecule has 2 aromatic rings. The lowest BCUT2D eigenvalue weighted by Gasteiger charge is -2.41. The summed E-state index contributed by atoms with van der Waals surface area (Å²) in [5, 5.41) is 4.10. The molecule has 2 heterocycles. The van der Waals surface area contributed by atoms with Crippen molar-refractivity contribution >= 4 is 17.5 Å². The summed E-state index contributed by atoms with van der Waals surface area (Å²) in [6.45, 7) is 2.67. The number of carbonyl (C=O) groups is 1. The lowest BCUT2D eigenvalue weighted by atomic mass is 9.94. The summed E-state index contributed by atoms with van der Waals surface area (Å²) in [7, 11) is 0. The molecule has 21 heavy (non-hydrogen) atoms. The van der Waals surface area contributed by atoms with Gasteiger partial charge in [0.05, 0.1) is 11.7 Å². The normalized spacial score (nSPS) is 17.6. The molecule has 1 fully saturated rings. The summed E-state index contributed by atoms with van der Waals surface area (Å²) in [4.78, 5) is 14.3. The number of amides is 1. The molecule has 0 N–H and O–H groups in total. The SMILES string of the molecule is Cc1noc(Cl)c1CCC(=O)N1CCC1c1ccccc1. The Labute approximate surface area is 128 Å². The van der Waals surface area contributed by atoms with Crippen molar-refractivity contribution in [2.24, 2.45) is 0 Å². The number of aromatic nitrogens is 1. The van der Waals surface area contributed by atoms with E-state index in [1.54, 1.807) is 0 Å². The van der Waals surface area contributed by atoms with Gasteiger partial charge in [0.15, 0.2) is 0 Å². The third-order valence-corrected chi connectivity index (χ3v) is 4.35. The Morgan fingerprint density at radius 2 is 2.19 bits per heavy atom. The number of nitrogens with zero attached hydrogens (tertiary/aromatic N) is 2. The van der Waals surface area contributed by atoms with Crippen LogP contribution < -0.4 is 0 Å². The molecule has 1 atom stereocenters. The van der Waals surface area contributed by atoms with Gasteiger partial charge in [0.1, 0.15) is 0 Å². The van der Waals surface area contributed by atoms with Crippen LogP contribution >= 0.6 is 11.6 Å². The van der Waals surface area contributed by atoms with Crippen molar-refractivity contribution in [2.75, 3.05) is 6.54 Å². The van der Waals surface area contributed by atoms with Gasteiger partial charge < -0.3 is 9.42 Å². The van der Waals surface area contributed by atoms with E-state index in [9.17, 15) is 4.79 Å². The van der Waals surface area contributed by atoms with E-state index in [4.69, 9.17) is 16.1 Å². The minimum atomic E-state index is 0.159. The van der Waals surface area contributed by atoms with E-state index in [2.05, 4.69) is 17.3 Å². The van der Waals surface area contributed by atoms with Crippen LogP contribution in [0, 0.1) is 6.92 Å². The van der Waals surface area contributed by atoms with Gasteiger partial charge in [-0.25, -0.2) is 0 Å². The van der Waals surface area contributed by atoms with Gasteiger partial charge in [0, 0.05) is 18.5 Å². The Balaban J connectivity index is 1.61. The van der Waals surface area contributed by atoms with Gasteiger partial charge in [-0.2, -0.15) is 0 Å². The predicted molar refractivity (Wildman–Crippen MR) is 80.1 cm³/mol. The number of hydrogen-bond donors (Lipinski definition) is 0. The number of carbonyl (C=O) groups excluding carboxylic acids is 1. The molecule has 1 amide bonds. The molecule has 1 saturated heterocycles. The molecule has 0 saturated carbocycles. The average molecular weight is 305 g/mol. The first kappa shape index (κ1) is 14.1. The zero-order chi connectivity index (χ0) is 14.8. The minimum absolute atomic E-state index is 0.159. The van der Waals surface area contributed by atoms with Crippen molar-refractivity contribution in [3.63, 3.8) is 0 Å². The fraction of sp³-hybridized carbons (Fsp3) is 0.375. The van der Waals surface area contributed by atoms with Crippen molar-refractivity contribution in [3.05, 3.63) is 52.4 Å². The summed E-state index contributed by atoms with van der Waals surface area (Å²) >= 11 is 5.93. The van der Waals surface area contributed by atoms with Crippen LogP contribution in [0.5, 0.6) is 0 Å². The Hall–Kier alpha value is -1.81. The Kier molecular flexibility index (Phi) is 3.97. The Morgan fingerprint density at radius 3 is 2.76 bits per heavy atom. The number of hydrogen-bond acceptors (Lipinski definition) is 3. The predicted octanol–water partition coefficient (Wildman–Crippen LogP) is 3.54. The molecule has 0 radical (unpaired) electrons. The first-order chi connectivity index (χ1) is 10.2. The molecule has 1 aliphatic rings. The van der Waals surface area contributed by atoms with Crippen molar-refractivity contribution in [1.29, 1.82) is 0 Å². The number of halogens is 1. The second kappa shape index (κ2) is 5.90. The highest BCUT2D eigenvalue weighted by Gasteiger charge is 2.32. The third kappa shape index (κ3) is 2.81. The molecular formula is C16H17ClN2O2. The van der Waals surface area contributed by atoms with Crippen LogP contribution in [-0.4, -0.2) is 22.5 Å². The molecule has 5 heteroatoms. The van der Waals surface area contributed by atoms with Crippen LogP contribution in [0.4, 0.5) is 0 Å². The second-order valence-electron chi connectivity index (χ2n) is 5.32. The van der Waals surface area contributed by atoms with Gasteiger partial charge in [0.2, 0.25) is 11.1 Å². The summed E-state index contributed by atoms with van der Waals surface area (Å²) in [5.41, 5.74) is 2.80. The van der Waals surface area contributed by atoms with Gasteiger partial charge in [-0.1, -0.05) is 35.5 Å². The van der Waals surface area contributed by atoms with Crippen molar-refractivity contribution in [2.45, 2.75) is 32.2 Å². The van der Waals surface area contributed by atoms with E-state index in [0.29, 0.717) is 18.1 Å². The first-order valence-electron chi connectivity index (χ1n) is 7.12. The van der Waals surface area contributed by atoms with E-state index >= 15 is 0 Å². The average Bonchev–Trinajstić information content (AvgIpc) is 2.76. The molecule has 1 aliphatic heterocycles. The molecule has 3 rings (SSSR count). The number of aryl methyl sites for hydroxylation is 1. The molecular weight excluding hydrogens is 288 g/mol. The van der Waals surface area contributed by atoms with E-state index in [1.165, 1.54) is 5.56 Å². The largest absolute Gasteiger partial charge is 0.344 e. The second-order valence-corrected chi connectivity index (χ2v) is 5.67. The lowest BCUT2D eigenvalue weighted by molar-refractivity contribution is -0.139. The van der Waals surface area contributed by atoms with Crippen LogP contribution in [0.15, 0.2) is 34.9 Å². The topological polar surface area (TPSA) is 46.3 Å². The number of benzene rings is 1. The fourth-order valence-corrected chi connectivity index (χ4v) is 2.99. The highest BCUT2D eigenvalue weighted by atomic mass is 35.5. The Bertz CT molecular complexity index is 619. The molecule has 1 aromatic heterocycles. The molecule has 110 valence electrons. The summed E-state index contributed by atoms with van der Waals surface area (Å²) in [6, 6.07) is 10.4. The standard InChI is InChI=1S/C16H17ClN2O2/c1-11-13(16(17)21-18-11)7-8-15(20)19-10-9-14(19)12-5-3-2-4-6-12/h2-6,14H,7-10H2,1H3. The van der Waals surface area contributed by atoms with Gasteiger partial charge in [-0.05, 0) is 36.9 Å². The molecule has 0 spiro atoms. The van der Waals surface area contributed by atoms with Gasteiger partial charge in [0.25, 0.3) is 0 Å². The van der Waals surface area contributed by atoms with Crippen molar-refractivity contribution in [3.8, 4) is 0 Å². The molecule has 0 aliphatic carbocycles. The summed E-state index contributed by atoms with van der Waals surface area (Å²) < 4.78 is 4.91. The zero-order valence-electron chi connectivity index (χ0n) is 11.9. The number of rotatable bonds is 4. The van der Waals surface area contributed by atoms with E-state index in [0.717, 1.165) is 24.2 Å². The minimum Gasteiger partial charge on any atom is -0.344 e. The fourth-order valence-electron chi connectivity index (χ4n) is 2.72. The first-order valence-corrected chi connectivity index (χ1v) is 7.49. The summed E-state index contributed by atoms with van der Waals surface area (Å²) in [6.07, 6.45) is 2.04. The van der Waals surface area contributed by atoms with Crippen LogP contribution in [0.25, 0.3) is 0 Å². The summed E-state index contributed by atoms with van der Waals surface area (Å²) in [5.74, 6) is 0.159. The Morgan fingerprint density at radius 1 is 1.43 bits per heavy atom. The smallest absolute Gasteiger partial charge is 0.229 e. The molecule has 0 bridgehead atoms. The maximum absolute atomic E-state index is 12.4. The van der Waals surface area contributed by atoms with Gasteiger partial charge in [-0.15, -0.1) is 0 Å². The van der Waals surface area contributed by atoms with Crippen LogP contribution in [0.2, 0.25) is 5.22 Å². The van der Waals surface area contributed by atoms with Crippen molar-refractivity contribution < 1.29 is 9.32 Å². The lowest BCUT2D eigenvalue weighted by Crippen LogP contribution is -2.45. The maximum Gasteiger partial charge on any atom is 0.229 e. The van der Waals surface area contributed by atoms with Crippen LogP contribution in [-0.2, 0) is 11.2 Å². The van der Waals surface area contributed by atoms with Crippen LogP contribution in [0.1, 0.15) is 35.7 Å². The van der Waals surface area contributed by atoms with Crippen LogP contribution in [0.3, 0.4) is 0 Å². The third-order valence-electron chi connectivity index (χ3n) is 4.05. The van der Waals surface area contributed by atoms with E-state index in [-0.39, 0.29) is 11.9 Å². The molecule has 1 unspecified atom stereocenters. The quantitative estimate of drug-likeness (QED) is 0.868. The zero-order valence-corrected chi connectivity index (χ0v) is 12.6. The van der Waals surface area contributed by atoms with E-state index in [1.807, 2.05) is 30.0 Å². The number of likely N-dealkylation sites (tertiary alicyclic amines) is 1. The van der Waals surface area contributed by atoms with E-state index < -0.39 is 0 Å². The maximum atomic E-state index is 12.4. The van der Waals surface area contributed by atoms with Gasteiger partial charge >= 0.3 is 0 Å². The van der Waals surface area contributed by atoms with Gasteiger partial charge in [-0.3, -0.25) is 4.79 Å². The monoisotopic (exact) mass is 304 g/mol. The molecule has 4 nitrogen and oxygen atoms in total.